The normalized spacial score (nSPS) is 25.6. The molecule has 0 saturated carbocycles. The molecule has 27 heavy (non-hydrogen) atoms. The predicted octanol–water partition coefficient (Wildman–Crippen LogP) is 1.76. The lowest BCUT2D eigenvalue weighted by molar-refractivity contribution is -0.148. The minimum Gasteiger partial charge on any atom is -0.497 e. The van der Waals surface area contributed by atoms with Crippen LogP contribution in [-0.4, -0.2) is 58.9 Å². The molecule has 2 fully saturated rings. The summed E-state index contributed by atoms with van der Waals surface area (Å²) >= 11 is 0. The Morgan fingerprint density at radius 1 is 1.15 bits per heavy atom. The summed E-state index contributed by atoms with van der Waals surface area (Å²) in [6.45, 7) is 3.02. The van der Waals surface area contributed by atoms with Gasteiger partial charge in [-0.3, -0.25) is 14.4 Å². The van der Waals surface area contributed by atoms with Gasteiger partial charge >= 0.3 is 5.97 Å². The molecule has 1 aromatic carbocycles. The van der Waals surface area contributed by atoms with E-state index in [1.165, 1.54) is 0 Å². The molecule has 2 saturated heterocycles. The highest BCUT2D eigenvalue weighted by Crippen LogP contribution is 2.28. The maximum atomic E-state index is 12.9. The second kappa shape index (κ2) is 7.98. The number of hydrogen-bond donors (Lipinski definition) is 1. The van der Waals surface area contributed by atoms with Crippen LogP contribution in [0.4, 0.5) is 0 Å². The van der Waals surface area contributed by atoms with Gasteiger partial charge in [0, 0.05) is 32.1 Å². The molecule has 3 unspecified atom stereocenters. The zero-order chi connectivity index (χ0) is 19.6. The van der Waals surface area contributed by atoms with Crippen LogP contribution in [0.3, 0.4) is 0 Å². The van der Waals surface area contributed by atoms with Crippen molar-refractivity contribution in [3.8, 4) is 5.75 Å². The number of carbonyl (C=O) groups excluding carboxylic acids is 2. The average Bonchev–Trinajstić information content (AvgIpc) is 3.02. The molecule has 0 bridgehead atoms. The average molecular weight is 374 g/mol. The van der Waals surface area contributed by atoms with Crippen molar-refractivity contribution in [1.29, 1.82) is 0 Å². The molecule has 2 aliphatic rings. The van der Waals surface area contributed by atoms with Crippen LogP contribution >= 0.6 is 0 Å². The molecule has 1 aromatic rings. The number of amides is 2. The van der Waals surface area contributed by atoms with Crippen LogP contribution in [0.5, 0.6) is 5.75 Å². The number of benzene rings is 1. The molecule has 0 aromatic heterocycles. The van der Waals surface area contributed by atoms with Crippen molar-refractivity contribution in [3.05, 3.63) is 29.8 Å². The number of carbonyl (C=O) groups is 3. The quantitative estimate of drug-likeness (QED) is 0.849. The number of carboxylic acids is 1. The zero-order valence-corrected chi connectivity index (χ0v) is 15.8. The van der Waals surface area contributed by atoms with E-state index in [1.807, 2.05) is 31.2 Å². The minimum absolute atomic E-state index is 0.0128. The monoisotopic (exact) mass is 374 g/mol. The standard InChI is InChI=1S/C20H26N2O5/c1-13-3-6-15(20(25)26)12-22(13)19(24)16-9-18(23)21(11-16)10-14-4-7-17(27-2)8-5-14/h4-5,7-8,13,15-16H,3,6,9-12H2,1-2H3,(H,25,26). The van der Waals surface area contributed by atoms with E-state index in [4.69, 9.17) is 4.74 Å². The second-order valence-electron chi connectivity index (χ2n) is 7.48. The lowest BCUT2D eigenvalue weighted by atomic mass is 9.92. The summed E-state index contributed by atoms with van der Waals surface area (Å²) in [5.74, 6) is -1.15. The third-order valence-electron chi connectivity index (χ3n) is 5.61. The van der Waals surface area contributed by atoms with Crippen LogP contribution in [0.2, 0.25) is 0 Å². The van der Waals surface area contributed by atoms with Gasteiger partial charge in [-0.2, -0.15) is 0 Å². The first-order valence-electron chi connectivity index (χ1n) is 9.33. The number of likely N-dealkylation sites (tertiary alicyclic amines) is 2. The highest BCUT2D eigenvalue weighted by molar-refractivity contribution is 5.89. The van der Waals surface area contributed by atoms with Crippen LogP contribution in [-0.2, 0) is 20.9 Å². The fourth-order valence-corrected chi connectivity index (χ4v) is 3.89. The first kappa shape index (κ1) is 19.2. The van der Waals surface area contributed by atoms with Crippen LogP contribution < -0.4 is 4.74 Å². The van der Waals surface area contributed by atoms with Crippen molar-refractivity contribution in [2.45, 2.75) is 38.8 Å². The van der Waals surface area contributed by atoms with Gasteiger partial charge in [-0.25, -0.2) is 0 Å². The predicted molar refractivity (Wildman–Crippen MR) is 98.1 cm³/mol. The van der Waals surface area contributed by atoms with E-state index in [0.717, 1.165) is 11.3 Å². The minimum atomic E-state index is -0.858. The van der Waals surface area contributed by atoms with E-state index in [0.29, 0.717) is 25.9 Å². The third-order valence-corrected chi connectivity index (χ3v) is 5.61. The first-order chi connectivity index (χ1) is 12.9. The van der Waals surface area contributed by atoms with Crippen molar-refractivity contribution in [1.82, 2.24) is 9.80 Å². The Labute approximate surface area is 158 Å². The molecule has 2 amide bonds. The lowest BCUT2D eigenvalue weighted by Crippen LogP contribution is -2.49. The van der Waals surface area contributed by atoms with Crippen LogP contribution in [0.25, 0.3) is 0 Å². The number of ether oxygens (including phenoxy) is 1. The molecule has 2 aliphatic heterocycles. The van der Waals surface area contributed by atoms with Gasteiger partial charge in [0.15, 0.2) is 0 Å². The Kier molecular flexibility index (Phi) is 5.68. The summed E-state index contributed by atoms with van der Waals surface area (Å²) in [7, 11) is 1.60. The van der Waals surface area contributed by atoms with E-state index in [2.05, 4.69) is 0 Å². The van der Waals surface area contributed by atoms with Crippen LogP contribution in [0, 0.1) is 11.8 Å². The van der Waals surface area contributed by atoms with Crippen molar-refractivity contribution in [2.75, 3.05) is 20.2 Å². The highest BCUT2D eigenvalue weighted by atomic mass is 16.5. The van der Waals surface area contributed by atoms with Gasteiger partial charge in [0.05, 0.1) is 18.9 Å². The van der Waals surface area contributed by atoms with Crippen molar-refractivity contribution < 1.29 is 24.2 Å². The maximum absolute atomic E-state index is 12.9. The summed E-state index contributed by atoms with van der Waals surface area (Å²) in [4.78, 5) is 40.0. The highest BCUT2D eigenvalue weighted by Gasteiger charge is 2.40. The fraction of sp³-hybridized carbons (Fsp3) is 0.550. The summed E-state index contributed by atoms with van der Waals surface area (Å²) in [6, 6.07) is 7.52. The Balaban J connectivity index is 1.63. The number of aliphatic carboxylic acids is 1. The van der Waals surface area contributed by atoms with Crippen molar-refractivity contribution in [3.63, 3.8) is 0 Å². The van der Waals surface area contributed by atoms with Gasteiger partial charge in [0.25, 0.3) is 0 Å². The number of methoxy groups -OCH3 is 1. The summed E-state index contributed by atoms with van der Waals surface area (Å²) in [5, 5.41) is 9.27. The topological polar surface area (TPSA) is 87.2 Å². The molecule has 2 heterocycles. The number of carboxylic acid groups (broad SMARTS) is 1. The second-order valence-corrected chi connectivity index (χ2v) is 7.48. The van der Waals surface area contributed by atoms with E-state index in [-0.39, 0.29) is 30.8 Å². The molecule has 1 N–H and O–H groups in total. The molecule has 0 aliphatic carbocycles. The summed E-state index contributed by atoms with van der Waals surface area (Å²) < 4.78 is 5.14. The zero-order valence-electron chi connectivity index (χ0n) is 15.8. The van der Waals surface area contributed by atoms with Crippen molar-refractivity contribution >= 4 is 17.8 Å². The molecule has 7 heteroatoms. The Hall–Kier alpha value is -2.57. The Morgan fingerprint density at radius 2 is 1.85 bits per heavy atom. The van der Waals surface area contributed by atoms with Gasteiger partial charge in [-0.15, -0.1) is 0 Å². The summed E-state index contributed by atoms with van der Waals surface area (Å²) in [6.07, 6.45) is 1.46. The fourth-order valence-electron chi connectivity index (χ4n) is 3.89. The molecule has 0 spiro atoms. The number of piperidine rings is 1. The maximum Gasteiger partial charge on any atom is 0.308 e. The summed E-state index contributed by atoms with van der Waals surface area (Å²) in [5.41, 5.74) is 0.981. The molecule has 7 nitrogen and oxygen atoms in total. The van der Waals surface area contributed by atoms with Gasteiger partial charge in [0.2, 0.25) is 11.8 Å². The Bertz CT molecular complexity index is 718. The number of nitrogens with zero attached hydrogens (tertiary/aromatic N) is 2. The van der Waals surface area contributed by atoms with Gasteiger partial charge in [0.1, 0.15) is 5.75 Å². The van der Waals surface area contributed by atoms with E-state index in [9.17, 15) is 19.5 Å². The molecule has 3 atom stereocenters. The number of hydrogen-bond acceptors (Lipinski definition) is 4. The van der Waals surface area contributed by atoms with Crippen LogP contribution in [0.15, 0.2) is 24.3 Å². The van der Waals surface area contributed by atoms with Crippen LogP contribution in [0.1, 0.15) is 31.7 Å². The molecular formula is C20H26N2O5. The van der Waals surface area contributed by atoms with Gasteiger partial charge < -0.3 is 19.6 Å². The largest absolute Gasteiger partial charge is 0.497 e. The Morgan fingerprint density at radius 3 is 2.48 bits per heavy atom. The van der Waals surface area contributed by atoms with Gasteiger partial charge in [-0.05, 0) is 37.5 Å². The first-order valence-corrected chi connectivity index (χ1v) is 9.33. The third kappa shape index (κ3) is 4.23. The molecule has 3 rings (SSSR count). The molecule has 146 valence electrons. The van der Waals surface area contributed by atoms with E-state index in [1.54, 1.807) is 16.9 Å². The van der Waals surface area contributed by atoms with E-state index < -0.39 is 17.8 Å². The molecular weight excluding hydrogens is 348 g/mol. The molecule has 0 radical (unpaired) electrons. The smallest absolute Gasteiger partial charge is 0.308 e. The number of rotatable bonds is 5. The lowest BCUT2D eigenvalue weighted by Gasteiger charge is -2.37. The SMILES string of the molecule is COc1ccc(CN2CC(C(=O)N3CC(C(=O)O)CCC3C)CC2=O)cc1. The van der Waals surface area contributed by atoms with Crippen molar-refractivity contribution in [2.24, 2.45) is 11.8 Å². The van der Waals surface area contributed by atoms with Gasteiger partial charge in [-0.1, -0.05) is 12.1 Å². The van der Waals surface area contributed by atoms with E-state index >= 15 is 0 Å².